The molecule has 0 aliphatic carbocycles. The molecule has 0 spiro atoms. The first-order valence-electron chi connectivity index (χ1n) is 10.1. The summed E-state index contributed by atoms with van der Waals surface area (Å²) in [5.41, 5.74) is 0. The molecule has 0 aromatic rings. The van der Waals surface area contributed by atoms with Gasteiger partial charge in [0.25, 0.3) is 0 Å². The maximum atomic E-state index is 9.82. The Morgan fingerprint density at radius 3 is 1.43 bits per heavy atom. The van der Waals surface area contributed by atoms with Crippen LogP contribution in [0.3, 0.4) is 0 Å². The van der Waals surface area contributed by atoms with Gasteiger partial charge in [0.15, 0.2) is 0 Å². The van der Waals surface area contributed by atoms with E-state index in [0.717, 1.165) is 6.42 Å². The third-order valence-electron chi connectivity index (χ3n) is 4.58. The van der Waals surface area contributed by atoms with Crippen LogP contribution in [0.1, 0.15) is 117 Å². The van der Waals surface area contributed by atoms with E-state index in [2.05, 4.69) is 13.5 Å². The molecular formula is C21H42O2. The van der Waals surface area contributed by atoms with Gasteiger partial charge in [-0.25, -0.2) is 0 Å². The second kappa shape index (κ2) is 16.4. The van der Waals surface area contributed by atoms with Gasteiger partial charge in [0, 0.05) is 13.3 Å². The van der Waals surface area contributed by atoms with Gasteiger partial charge in [0.05, 0.1) is 6.26 Å². The van der Waals surface area contributed by atoms with E-state index < -0.39 is 5.79 Å². The Hall–Kier alpha value is -0.500. The second-order valence-corrected chi connectivity index (χ2v) is 7.16. The zero-order valence-electron chi connectivity index (χ0n) is 16.0. The molecule has 0 saturated heterocycles. The molecule has 1 atom stereocenters. The Morgan fingerprint density at radius 2 is 1.09 bits per heavy atom. The predicted octanol–water partition coefficient (Wildman–Crippen LogP) is 7.12. The summed E-state index contributed by atoms with van der Waals surface area (Å²) in [6.07, 6.45) is 22.4. The van der Waals surface area contributed by atoms with Crippen LogP contribution in [-0.2, 0) is 4.74 Å². The Kier molecular flexibility index (Phi) is 16.0. The van der Waals surface area contributed by atoms with Crippen LogP contribution < -0.4 is 0 Å². The van der Waals surface area contributed by atoms with Crippen LogP contribution in [0.2, 0.25) is 0 Å². The normalized spacial score (nSPS) is 13.7. The lowest BCUT2D eigenvalue weighted by Crippen LogP contribution is -2.25. The van der Waals surface area contributed by atoms with Crippen molar-refractivity contribution in [2.75, 3.05) is 0 Å². The number of unbranched alkanes of at least 4 members (excludes halogenated alkanes) is 14. The summed E-state index contributed by atoms with van der Waals surface area (Å²) >= 11 is 0. The number of ether oxygens (including phenoxy) is 1. The van der Waals surface area contributed by atoms with Gasteiger partial charge < -0.3 is 9.84 Å². The summed E-state index contributed by atoms with van der Waals surface area (Å²) in [5.74, 6) is -1.03. The quantitative estimate of drug-likeness (QED) is 0.165. The van der Waals surface area contributed by atoms with E-state index in [0.29, 0.717) is 6.42 Å². The number of aliphatic hydroxyl groups is 1. The molecule has 2 nitrogen and oxygen atoms in total. The van der Waals surface area contributed by atoms with Crippen LogP contribution >= 0.6 is 0 Å². The molecule has 0 fully saturated rings. The molecule has 23 heavy (non-hydrogen) atoms. The van der Waals surface area contributed by atoms with Crippen LogP contribution in [0.15, 0.2) is 12.8 Å². The Bertz CT molecular complexity index is 248. The summed E-state index contributed by atoms with van der Waals surface area (Å²) in [6, 6.07) is 0. The molecule has 0 bridgehead atoms. The van der Waals surface area contributed by atoms with Crippen molar-refractivity contribution in [1.29, 1.82) is 0 Å². The van der Waals surface area contributed by atoms with E-state index in [1.165, 1.54) is 96.2 Å². The topological polar surface area (TPSA) is 29.5 Å². The zero-order valence-corrected chi connectivity index (χ0v) is 16.0. The minimum atomic E-state index is -1.03. The third-order valence-corrected chi connectivity index (χ3v) is 4.58. The number of hydrogen-bond donors (Lipinski definition) is 1. The maximum Gasteiger partial charge on any atom is 0.204 e. The fourth-order valence-electron chi connectivity index (χ4n) is 3.06. The van der Waals surface area contributed by atoms with Crippen LogP contribution in [0.5, 0.6) is 0 Å². The van der Waals surface area contributed by atoms with Crippen molar-refractivity contribution in [1.82, 2.24) is 0 Å². The molecule has 0 rings (SSSR count). The van der Waals surface area contributed by atoms with Crippen LogP contribution in [0.25, 0.3) is 0 Å². The highest BCUT2D eigenvalue weighted by Gasteiger charge is 2.18. The highest BCUT2D eigenvalue weighted by molar-refractivity contribution is 4.64. The molecule has 2 heteroatoms. The molecule has 0 heterocycles. The first-order chi connectivity index (χ1) is 11.1. The lowest BCUT2D eigenvalue weighted by Gasteiger charge is -2.22. The fourth-order valence-corrected chi connectivity index (χ4v) is 3.06. The minimum absolute atomic E-state index is 0.692. The molecule has 0 radical (unpaired) electrons. The molecule has 0 aromatic carbocycles. The van der Waals surface area contributed by atoms with Crippen LogP contribution in [-0.4, -0.2) is 10.9 Å². The molecule has 0 aromatic heterocycles. The monoisotopic (exact) mass is 326 g/mol. The smallest absolute Gasteiger partial charge is 0.204 e. The first kappa shape index (κ1) is 22.5. The van der Waals surface area contributed by atoms with Crippen molar-refractivity contribution in [3.05, 3.63) is 12.8 Å². The van der Waals surface area contributed by atoms with Crippen LogP contribution in [0.4, 0.5) is 0 Å². The summed E-state index contributed by atoms with van der Waals surface area (Å²) < 4.78 is 5.07. The minimum Gasteiger partial charge on any atom is -0.471 e. The summed E-state index contributed by atoms with van der Waals surface area (Å²) in [5, 5.41) is 9.82. The van der Waals surface area contributed by atoms with Gasteiger partial charge in [-0.1, -0.05) is 103 Å². The maximum absolute atomic E-state index is 9.82. The number of rotatable bonds is 18. The Labute approximate surface area is 145 Å². The highest BCUT2D eigenvalue weighted by Crippen LogP contribution is 2.18. The molecule has 0 aliphatic heterocycles. The molecule has 138 valence electrons. The largest absolute Gasteiger partial charge is 0.471 e. The van der Waals surface area contributed by atoms with Crippen molar-refractivity contribution < 1.29 is 9.84 Å². The van der Waals surface area contributed by atoms with E-state index in [-0.39, 0.29) is 0 Å². The average molecular weight is 327 g/mol. The van der Waals surface area contributed by atoms with Gasteiger partial charge in [0.1, 0.15) is 0 Å². The zero-order chi connectivity index (χ0) is 17.2. The van der Waals surface area contributed by atoms with Gasteiger partial charge in [-0.15, -0.1) is 0 Å². The lowest BCUT2D eigenvalue weighted by atomic mass is 10.0. The molecule has 1 unspecified atom stereocenters. The van der Waals surface area contributed by atoms with Crippen molar-refractivity contribution in [3.8, 4) is 0 Å². The number of hydrogen-bond acceptors (Lipinski definition) is 2. The third kappa shape index (κ3) is 17.7. The van der Waals surface area contributed by atoms with Crippen molar-refractivity contribution in [3.63, 3.8) is 0 Å². The summed E-state index contributed by atoms with van der Waals surface area (Å²) in [4.78, 5) is 0. The van der Waals surface area contributed by atoms with E-state index in [4.69, 9.17) is 4.74 Å². The standard InChI is InChI=1S/C21H42O2/c1-4-6-7-8-9-10-11-12-13-14-15-16-17-18-19-20-21(3,22)23-5-2/h5,22H,2,4,6-20H2,1,3H3. The Balaban J connectivity index is 3.12. The van der Waals surface area contributed by atoms with Crippen molar-refractivity contribution >= 4 is 0 Å². The van der Waals surface area contributed by atoms with Crippen molar-refractivity contribution in [2.24, 2.45) is 0 Å². The molecular weight excluding hydrogens is 284 g/mol. The van der Waals surface area contributed by atoms with E-state index in [1.54, 1.807) is 6.92 Å². The van der Waals surface area contributed by atoms with Gasteiger partial charge in [-0.3, -0.25) is 0 Å². The molecule has 0 aliphatic rings. The first-order valence-corrected chi connectivity index (χ1v) is 10.1. The molecule has 0 amide bonds. The Morgan fingerprint density at radius 1 is 0.739 bits per heavy atom. The summed E-state index contributed by atoms with van der Waals surface area (Å²) in [6.45, 7) is 7.47. The van der Waals surface area contributed by atoms with Gasteiger partial charge in [-0.2, -0.15) is 0 Å². The highest BCUT2D eigenvalue weighted by atomic mass is 16.6. The predicted molar refractivity (Wildman–Crippen MR) is 101 cm³/mol. The van der Waals surface area contributed by atoms with Gasteiger partial charge in [0.2, 0.25) is 5.79 Å². The second-order valence-electron chi connectivity index (χ2n) is 7.16. The van der Waals surface area contributed by atoms with E-state index in [1.807, 2.05) is 0 Å². The molecule has 0 saturated carbocycles. The van der Waals surface area contributed by atoms with Gasteiger partial charge >= 0.3 is 0 Å². The average Bonchev–Trinajstić information content (AvgIpc) is 2.51. The SMILES string of the molecule is C=COC(C)(O)CCCCCCCCCCCCCCCCC. The van der Waals surface area contributed by atoms with E-state index >= 15 is 0 Å². The van der Waals surface area contributed by atoms with Crippen LogP contribution in [0, 0.1) is 0 Å². The van der Waals surface area contributed by atoms with E-state index in [9.17, 15) is 5.11 Å². The molecule has 1 N–H and O–H groups in total. The van der Waals surface area contributed by atoms with Crippen molar-refractivity contribution in [2.45, 2.75) is 122 Å². The fraction of sp³-hybridized carbons (Fsp3) is 0.905. The van der Waals surface area contributed by atoms with Gasteiger partial charge in [-0.05, 0) is 6.42 Å². The summed E-state index contributed by atoms with van der Waals surface area (Å²) in [7, 11) is 0. The lowest BCUT2D eigenvalue weighted by molar-refractivity contribution is -0.156.